The minimum absolute atomic E-state index is 0.0294. The summed E-state index contributed by atoms with van der Waals surface area (Å²) in [7, 11) is 0. The molecule has 0 bridgehead atoms. The Morgan fingerprint density at radius 3 is 2.79 bits per heavy atom. The van der Waals surface area contributed by atoms with E-state index < -0.39 is 17.8 Å². The number of benzene rings is 1. The van der Waals surface area contributed by atoms with Gasteiger partial charge in [-0.1, -0.05) is 0 Å². The van der Waals surface area contributed by atoms with E-state index in [0.29, 0.717) is 36.6 Å². The van der Waals surface area contributed by atoms with E-state index in [2.05, 4.69) is 15.6 Å². The zero-order chi connectivity index (χ0) is 20.4. The van der Waals surface area contributed by atoms with Gasteiger partial charge in [0.05, 0.1) is 18.2 Å². The summed E-state index contributed by atoms with van der Waals surface area (Å²) in [6, 6.07) is 4.73. The highest BCUT2D eigenvalue weighted by Crippen LogP contribution is 2.38. The molecule has 1 aromatic heterocycles. The molecule has 1 amide bonds. The van der Waals surface area contributed by atoms with Crippen molar-refractivity contribution in [3.05, 3.63) is 42.1 Å². The van der Waals surface area contributed by atoms with Crippen molar-refractivity contribution in [3.8, 4) is 11.1 Å². The highest BCUT2D eigenvalue weighted by molar-refractivity contribution is 6.00. The van der Waals surface area contributed by atoms with Crippen molar-refractivity contribution >= 4 is 17.4 Å². The van der Waals surface area contributed by atoms with E-state index in [1.165, 1.54) is 6.20 Å². The number of hydrogen-bond donors (Lipinski definition) is 2. The van der Waals surface area contributed by atoms with Crippen LogP contribution in [0.4, 0.5) is 24.7 Å². The molecular formula is C21H23F3N4O. The largest absolute Gasteiger partial charge is 0.352 e. The van der Waals surface area contributed by atoms with Gasteiger partial charge in [0.1, 0.15) is 17.8 Å². The van der Waals surface area contributed by atoms with Gasteiger partial charge < -0.3 is 15.5 Å². The Bertz CT molecular complexity index is 901. The van der Waals surface area contributed by atoms with Crippen molar-refractivity contribution in [3.63, 3.8) is 0 Å². The first-order valence-electron chi connectivity index (χ1n) is 9.88. The summed E-state index contributed by atoms with van der Waals surface area (Å²) in [6.45, 7) is 2.02. The molecule has 2 saturated heterocycles. The first kappa shape index (κ1) is 19.7. The molecule has 0 radical (unpaired) electrons. The molecule has 2 fully saturated rings. The number of aromatic nitrogens is 1. The summed E-state index contributed by atoms with van der Waals surface area (Å²) in [4.78, 5) is 19.0. The minimum atomic E-state index is -0.988. The Balaban J connectivity index is 1.76. The van der Waals surface area contributed by atoms with Crippen LogP contribution in [-0.4, -0.2) is 43.2 Å². The first-order chi connectivity index (χ1) is 14.0. The topological polar surface area (TPSA) is 57.3 Å². The molecule has 2 aromatic rings. The molecule has 1 aromatic carbocycles. The lowest BCUT2D eigenvalue weighted by molar-refractivity contribution is -0.120. The average Bonchev–Trinajstić information content (AvgIpc) is 3.17. The fourth-order valence-electron chi connectivity index (χ4n) is 3.95. The molecule has 154 valence electrons. The molecule has 8 heteroatoms. The third-order valence-electron chi connectivity index (χ3n) is 5.50. The second kappa shape index (κ2) is 8.41. The van der Waals surface area contributed by atoms with E-state index in [-0.39, 0.29) is 23.9 Å². The summed E-state index contributed by atoms with van der Waals surface area (Å²) >= 11 is 0. The second-order valence-electron chi connectivity index (χ2n) is 7.55. The number of hydrogen-bond acceptors (Lipinski definition) is 4. The van der Waals surface area contributed by atoms with Crippen LogP contribution in [0.2, 0.25) is 0 Å². The Labute approximate surface area is 167 Å². The van der Waals surface area contributed by atoms with Crippen molar-refractivity contribution < 1.29 is 18.0 Å². The summed E-state index contributed by atoms with van der Waals surface area (Å²) in [5.41, 5.74) is 0.648. The number of anilines is 2. The number of alkyl halides is 1. The smallest absolute Gasteiger partial charge is 0.228 e. The Morgan fingerprint density at radius 2 is 2.07 bits per heavy atom. The van der Waals surface area contributed by atoms with E-state index in [1.54, 1.807) is 11.0 Å². The van der Waals surface area contributed by atoms with Gasteiger partial charge in [0.15, 0.2) is 5.82 Å². The number of piperidine rings is 1. The number of rotatable bonds is 4. The van der Waals surface area contributed by atoms with Crippen LogP contribution in [0.25, 0.3) is 11.1 Å². The number of pyridine rings is 1. The lowest BCUT2D eigenvalue weighted by Gasteiger charge is -2.26. The van der Waals surface area contributed by atoms with Gasteiger partial charge in [0.25, 0.3) is 0 Å². The first-order valence-corrected chi connectivity index (χ1v) is 9.88. The molecule has 2 atom stereocenters. The van der Waals surface area contributed by atoms with E-state index >= 15 is 0 Å². The van der Waals surface area contributed by atoms with Crippen molar-refractivity contribution in [2.45, 2.75) is 25.4 Å². The molecule has 0 aliphatic carbocycles. The Kier molecular flexibility index (Phi) is 5.71. The molecule has 4 rings (SSSR count). The fraction of sp³-hybridized carbons (Fsp3) is 0.429. The summed E-state index contributed by atoms with van der Waals surface area (Å²) in [6.07, 6.45) is 2.48. The molecule has 0 spiro atoms. The molecule has 2 aliphatic heterocycles. The standard InChI is InChI=1S/C21H23F3N4O/c22-14-3-4-18(24)17(10-14)16-5-8-26-20(28-9-6-15(23)12-28)19(16)27-21(29)13-2-1-7-25-11-13/h3-5,8,10,13,15,25H,1-2,6-7,9,11-12H2,(H,27,29)/t13?,15-/m0/s1. The molecular weight excluding hydrogens is 381 g/mol. The second-order valence-corrected chi connectivity index (χ2v) is 7.55. The number of carbonyl (C=O) groups excluding carboxylic acids is 1. The maximum absolute atomic E-state index is 14.5. The van der Waals surface area contributed by atoms with Crippen LogP contribution in [-0.2, 0) is 4.79 Å². The van der Waals surface area contributed by atoms with Crippen molar-refractivity contribution in [2.75, 3.05) is 36.4 Å². The van der Waals surface area contributed by atoms with Crippen molar-refractivity contribution in [2.24, 2.45) is 5.92 Å². The highest BCUT2D eigenvalue weighted by Gasteiger charge is 2.29. The normalized spacial score (nSPS) is 22.0. The van der Waals surface area contributed by atoms with Gasteiger partial charge in [0.2, 0.25) is 5.91 Å². The summed E-state index contributed by atoms with van der Waals surface area (Å²) in [5, 5.41) is 6.08. The van der Waals surface area contributed by atoms with E-state index in [0.717, 1.165) is 37.6 Å². The number of carbonyl (C=O) groups is 1. The maximum Gasteiger partial charge on any atom is 0.228 e. The van der Waals surface area contributed by atoms with Crippen LogP contribution in [0.3, 0.4) is 0 Å². The number of nitrogens with one attached hydrogen (secondary N) is 2. The molecule has 2 N–H and O–H groups in total. The van der Waals surface area contributed by atoms with Crippen LogP contribution in [0.15, 0.2) is 30.5 Å². The summed E-state index contributed by atoms with van der Waals surface area (Å²) < 4.78 is 42.2. The minimum Gasteiger partial charge on any atom is -0.352 e. The van der Waals surface area contributed by atoms with Gasteiger partial charge >= 0.3 is 0 Å². The van der Waals surface area contributed by atoms with Crippen molar-refractivity contribution in [1.82, 2.24) is 10.3 Å². The molecule has 2 aliphatic rings. The van der Waals surface area contributed by atoms with Crippen LogP contribution >= 0.6 is 0 Å². The zero-order valence-electron chi connectivity index (χ0n) is 15.9. The van der Waals surface area contributed by atoms with Gasteiger partial charge in [0, 0.05) is 30.4 Å². The summed E-state index contributed by atoms with van der Waals surface area (Å²) in [5.74, 6) is -1.25. The van der Waals surface area contributed by atoms with Gasteiger partial charge in [-0.05, 0) is 50.1 Å². The molecule has 5 nitrogen and oxygen atoms in total. The van der Waals surface area contributed by atoms with Gasteiger partial charge in [-0.3, -0.25) is 4.79 Å². The maximum atomic E-state index is 14.5. The van der Waals surface area contributed by atoms with Crippen LogP contribution in [0.1, 0.15) is 19.3 Å². The molecule has 3 heterocycles. The SMILES string of the molecule is O=C(Nc1c(-c2cc(F)ccc2F)ccnc1N1CC[C@H](F)C1)C1CCCNC1. The van der Waals surface area contributed by atoms with Crippen LogP contribution in [0, 0.1) is 17.6 Å². The van der Waals surface area contributed by atoms with E-state index in [9.17, 15) is 18.0 Å². The highest BCUT2D eigenvalue weighted by atomic mass is 19.1. The molecule has 0 saturated carbocycles. The average molecular weight is 404 g/mol. The predicted octanol–water partition coefficient (Wildman–Crippen LogP) is 3.51. The number of amides is 1. The van der Waals surface area contributed by atoms with E-state index in [1.807, 2.05) is 0 Å². The Morgan fingerprint density at radius 1 is 1.21 bits per heavy atom. The number of nitrogens with zero attached hydrogens (tertiary/aromatic N) is 2. The third kappa shape index (κ3) is 4.22. The third-order valence-corrected chi connectivity index (χ3v) is 5.50. The zero-order valence-corrected chi connectivity index (χ0v) is 15.9. The lowest BCUT2D eigenvalue weighted by Crippen LogP contribution is -2.37. The van der Waals surface area contributed by atoms with Crippen LogP contribution < -0.4 is 15.5 Å². The van der Waals surface area contributed by atoms with E-state index in [4.69, 9.17) is 0 Å². The quantitative estimate of drug-likeness (QED) is 0.819. The van der Waals surface area contributed by atoms with Gasteiger partial charge in [-0.25, -0.2) is 18.2 Å². The van der Waals surface area contributed by atoms with Crippen LogP contribution in [0.5, 0.6) is 0 Å². The molecule has 29 heavy (non-hydrogen) atoms. The van der Waals surface area contributed by atoms with Gasteiger partial charge in [-0.2, -0.15) is 0 Å². The predicted molar refractivity (Wildman–Crippen MR) is 106 cm³/mol. The Hall–Kier alpha value is -2.61. The fourth-order valence-corrected chi connectivity index (χ4v) is 3.95. The van der Waals surface area contributed by atoms with Gasteiger partial charge in [-0.15, -0.1) is 0 Å². The number of halogens is 3. The molecule has 1 unspecified atom stereocenters. The lowest BCUT2D eigenvalue weighted by atomic mass is 9.98. The van der Waals surface area contributed by atoms with Crippen molar-refractivity contribution in [1.29, 1.82) is 0 Å². The monoisotopic (exact) mass is 404 g/mol.